The van der Waals surface area contributed by atoms with Gasteiger partial charge < -0.3 is 10.2 Å². The smallest absolute Gasteiger partial charge is 0.226 e. The van der Waals surface area contributed by atoms with Crippen LogP contribution in [0.4, 0.5) is 0 Å². The Kier molecular flexibility index (Phi) is 5.70. The number of hydrogen-bond donors (Lipinski definition) is 1. The monoisotopic (exact) mass is 314 g/mol. The lowest BCUT2D eigenvalue weighted by atomic mass is 9.96. The second-order valence-corrected chi connectivity index (χ2v) is 5.94. The van der Waals surface area contributed by atoms with Crippen LogP contribution in [0.15, 0.2) is 18.2 Å². The first kappa shape index (κ1) is 15.6. The SMILES string of the molecule is CCN(Cc1ccc(Cl)c(Cl)c1)C(=O)C1CCNCC1. The van der Waals surface area contributed by atoms with Crippen LogP contribution >= 0.6 is 23.2 Å². The number of benzene rings is 1. The number of piperidine rings is 1. The molecule has 110 valence electrons. The molecule has 0 unspecified atom stereocenters. The summed E-state index contributed by atoms with van der Waals surface area (Å²) >= 11 is 11.9. The Bertz CT molecular complexity index is 473. The molecule has 1 aliphatic rings. The molecular formula is C15H20Cl2N2O. The Morgan fingerprint density at radius 1 is 1.30 bits per heavy atom. The third-order valence-corrected chi connectivity index (χ3v) is 4.48. The summed E-state index contributed by atoms with van der Waals surface area (Å²) in [5.74, 6) is 0.402. The van der Waals surface area contributed by atoms with Crippen LogP contribution in [0.3, 0.4) is 0 Å². The van der Waals surface area contributed by atoms with Gasteiger partial charge in [0, 0.05) is 19.0 Å². The average Bonchev–Trinajstić information content (AvgIpc) is 2.48. The fourth-order valence-corrected chi connectivity index (χ4v) is 2.85. The van der Waals surface area contributed by atoms with E-state index < -0.39 is 0 Å². The number of carbonyl (C=O) groups is 1. The minimum absolute atomic E-state index is 0.152. The van der Waals surface area contributed by atoms with Crippen LogP contribution in [0.5, 0.6) is 0 Å². The van der Waals surface area contributed by atoms with Crippen LogP contribution in [0.1, 0.15) is 25.3 Å². The number of carbonyl (C=O) groups excluding carboxylic acids is 1. The summed E-state index contributed by atoms with van der Waals surface area (Å²) in [7, 11) is 0. The van der Waals surface area contributed by atoms with Gasteiger partial charge in [0.25, 0.3) is 0 Å². The molecule has 1 aromatic carbocycles. The molecule has 0 aliphatic carbocycles. The summed E-state index contributed by atoms with van der Waals surface area (Å²) < 4.78 is 0. The molecule has 20 heavy (non-hydrogen) atoms. The van der Waals surface area contributed by atoms with Crippen molar-refractivity contribution >= 4 is 29.1 Å². The molecule has 0 atom stereocenters. The topological polar surface area (TPSA) is 32.3 Å². The van der Waals surface area contributed by atoms with Gasteiger partial charge in [-0.3, -0.25) is 4.79 Å². The van der Waals surface area contributed by atoms with Crippen molar-refractivity contribution in [3.05, 3.63) is 33.8 Å². The van der Waals surface area contributed by atoms with Crippen LogP contribution in [-0.2, 0) is 11.3 Å². The van der Waals surface area contributed by atoms with Crippen molar-refractivity contribution in [1.82, 2.24) is 10.2 Å². The molecule has 1 N–H and O–H groups in total. The molecule has 1 saturated heterocycles. The highest BCUT2D eigenvalue weighted by Gasteiger charge is 2.25. The van der Waals surface area contributed by atoms with E-state index in [0.29, 0.717) is 23.1 Å². The van der Waals surface area contributed by atoms with Gasteiger partial charge in [-0.15, -0.1) is 0 Å². The lowest BCUT2D eigenvalue weighted by Crippen LogP contribution is -2.40. The highest BCUT2D eigenvalue weighted by molar-refractivity contribution is 6.42. The highest BCUT2D eigenvalue weighted by Crippen LogP contribution is 2.24. The quantitative estimate of drug-likeness (QED) is 0.924. The third-order valence-electron chi connectivity index (χ3n) is 3.74. The first-order chi connectivity index (χ1) is 9.61. The van der Waals surface area contributed by atoms with E-state index >= 15 is 0 Å². The molecular weight excluding hydrogens is 295 g/mol. The summed E-state index contributed by atoms with van der Waals surface area (Å²) in [6.07, 6.45) is 1.85. The standard InChI is InChI=1S/C15H20Cl2N2O/c1-2-19(15(20)12-5-7-18-8-6-12)10-11-3-4-13(16)14(17)9-11/h3-4,9,12,18H,2,5-8,10H2,1H3. The highest BCUT2D eigenvalue weighted by atomic mass is 35.5. The predicted octanol–water partition coefficient (Wildman–Crippen LogP) is 3.34. The van der Waals surface area contributed by atoms with Crippen molar-refractivity contribution in [3.63, 3.8) is 0 Å². The molecule has 0 bridgehead atoms. The summed E-state index contributed by atoms with van der Waals surface area (Å²) in [6, 6.07) is 5.54. The summed E-state index contributed by atoms with van der Waals surface area (Å²) in [5.41, 5.74) is 1.02. The molecule has 1 aliphatic heterocycles. The van der Waals surface area contributed by atoms with Gasteiger partial charge in [-0.05, 0) is 50.6 Å². The maximum atomic E-state index is 12.5. The number of nitrogens with one attached hydrogen (secondary N) is 1. The number of nitrogens with zero attached hydrogens (tertiary/aromatic N) is 1. The van der Waals surface area contributed by atoms with E-state index in [9.17, 15) is 4.79 Å². The minimum atomic E-state index is 0.152. The second-order valence-electron chi connectivity index (χ2n) is 5.13. The van der Waals surface area contributed by atoms with Gasteiger partial charge in [0.1, 0.15) is 0 Å². The number of rotatable bonds is 4. The van der Waals surface area contributed by atoms with E-state index in [-0.39, 0.29) is 11.8 Å². The molecule has 1 amide bonds. The molecule has 3 nitrogen and oxygen atoms in total. The minimum Gasteiger partial charge on any atom is -0.338 e. The molecule has 0 radical (unpaired) electrons. The Labute approximate surface area is 130 Å². The van der Waals surface area contributed by atoms with Crippen molar-refractivity contribution in [2.24, 2.45) is 5.92 Å². The van der Waals surface area contributed by atoms with Crippen LogP contribution < -0.4 is 5.32 Å². The maximum Gasteiger partial charge on any atom is 0.226 e. The third kappa shape index (κ3) is 3.87. The van der Waals surface area contributed by atoms with Gasteiger partial charge >= 0.3 is 0 Å². The van der Waals surface area contributed by atoms with Crippen molar-refractivity contribution in [2.75, 3.05) is 19.6 Å². The summed E-state index contributed by atoms with van der Waals surface area (Å²) in [6.45, 7) is 5.18. The molecule has 1 aromatic rings. The Morgan fingerprint density at radius 3 is 2.60 bits per heavy atom. The molecule has 1 heterocycles. The van der Waals surface area contributed by atoms with Crippen LogP contribution in [0.2, 0.25) is 10.0 Å². The normalized spacial score (nSPS) is 16.1. The van der Waals surface area contributed by atoms with Gasteiger partial charge in [0.2, 0.25) is 5.91 Å². The fraction of sp³-hybridized carbons (Fsp3) is 0.533. The summed E-state index contributed by atoms with van der Waals surface area (Å²) in [4.78, 5) is 14.4. The first-order valence-electron chi connectivity index (χ1n) is 7.05. The van der Waals surface area contributed by atoms with Crippen molar-refractivity contribution in [2.45, 2.75) is 26.3 Å². The van der Waals surface area contributed by atoms with Gasteiger partial charge in [0.15, 0.2) is 0 Å². The van der Waals surface area contributed by atoms with E-state index in [4.69, 9.17) is 23.2 Å². The number of halogens is 2. The lowest BCUT2D eigenvalue weighted by Gasteiger charge is -2.29. The second kappa shape index (κ2) is 7.30. The van der Waals surface area contributed by atoms with Crippen molar-refractivity contribution < 1.29 is 4.79 Å². The maximum absolute atomic E-state index is 12.5. The molecule has 1 fully saturated rings. The molecule has 0 aromatic heterocycles. The first-order valence-corrected chi connectivity index (χ1v) is 7.81. The molecule has 0 saturated carbocycles. The number of hydrogen-bond acceptors (Lipinski definition) is 2. The van der Waals surface area contributed by atoms with Gasteiger partial charge in [-0.25, -0.2) is 0 Å². The van der Waals surface area contributed by atoms with Crippen LogP contribution in [-0.4, -0.2) is 30.4 Å². The van der Waals surface area contributed by atoms with E-state index in [0.717, 1.165) is 31.5 Å². The zero-order chi connectivity index (χ0) is 14.5. The van der Waals surface area contributed by atoms with Crippen molar-refractivity contribution in [3.8, 4) is 0 Å². The van der Waals surface area contributed by atoms with Crippen molar-refractivity contribution in [1.29, 1.82) is 0 Å². The fourth-order valence-electron chi connectivity index (χ4n) is 2.53. The van der Waals surface area contributed by atoms with E-state index in [1.165, 1.54) is 0 Å². The van der Waals surface area contributed by atoms with Crippen LogP contribution in [0.25, 0.3) is 0 Å². The molecule has 5 heteroatoms. The lowest BCUT2D eigenvalue weighted by molar-refractivity contribution is -0.136. The largest absolute Gasteiger partial charge is 0.338 e. The van der Waals surface area contributed by atoms with Gasteiger partial charge in [-0.2, -0.15) is 0 Å². The number of amides is 1. The zero-order valence-corrected chi connectivity index (χ0v) is 13.2. The van der Waals surface area contributed by atoms with Gasteiger partial charge in [0.05, 0.1) is 10.0 Å². The van der Waals surface area contributed by atoms with Gasteiger partial charge in [-0.1, -0.05) is 29.3 Å². The molecule has 2 rings (SSSR count). The molecule has 0 spiro atoms. The Balaban J connectivity index is 2.03. The van der Waals surface area contributed by atoms with E-state index in [1.54, 1.807) is 6.07 Å². The Hall–Kier alpha value is -0.770. The van der Waals surface area contributed by atoms with Crippen LogP contribution in [0, 0.1) is 5.92 Å². The zero-order valence-electron chi connectivity index (χ0n) is 11.7. The van der Waals surface area contributed by atoms with E-state index in [2.05, 4.69) is 5.32 Å². The average molecular weight is 315 g/mol. The predicted molar refractivity (Wildman–Crippen MR) is 83.1 cm³/mol. The van der Waals surface area contributed by atoms with E-state index in [1.807, 2.05) is 24.0 Å². The summed E-state index contributed by atoms with van der Waals surface area (Å²) in [5, 5.41) is 4.37. The Morgan fingerprint density at radius 2 is 2.00 bits per heavy atom.